The number of nitrogens with one attached hydrogen (secondary N) is 1. The molecule has 0 aliphatic carbocycles. The Morgan fingerprint density at radius 3 is 2.46 bits per heavy atom. The molecule has 6 heteroatoms. The average molecular weight is 330 g/mol. The number of aromatic nitrogens is 1. The van der Waals surface area contributed by atoms with Gasteiger partial charge >= 0.3 is 5.97 Å². The standard InChI is InChI=1S/C18H22N2O4/c1-12-15(18(23)24-3)13(2)19-16(12)17(22)20(9-10-21)11-14-7-5-4-6-8-14/h4-8,19,21H,9-11H2,1-3H3. The maximum atomic E-state index is 12.9. The van der Waals surface area contributed by atoms with Gasteiger partial charge in [0.05, 0.1) is 19.3 Å². The van der Waals surface area contributed by atoms with E-state index in [-0.39, 0.29) is 19.1 Å². The van der Waals surface area contributed by atoms with Crippen LogP contribution in [0.3, 0.4) is 0 Å². The Morgan fingerprint density at radius 1 is 1.21 bits per heavy atom. The molecular weight excluding hydrogens is 308 g/mol. The Balaban J connectivity index is 2.32. The Morgan fingerprint density at radius 2 is 1.88 bits per heavy atom. The summed E-state index contributed by atoms with van der Waals surface area (Å²) in [5, 5.41) is 9.29. The van der Waals surface area contributed by atoms with Gasteiger partial charge in [-0.1, -0.05) is 30.3 Å². The molecule has 128 valence electrons. The van der Waals surface area contributed by atoms with Crippen LogP contribution in [0, 0.1) is 13.8 Å². The summed E-state index contributed by atoms with van der Waals surface area (Å²) in [7, 11) is 1.31. The number of ether oxygens (including phenoxy) is 1. The van der Waals surface area contributed by atoms with Crippen molar-refractivity contribution in [3.8, 4) is 0 Å². The quantitative estimate of drug-likeness (QED) is 0.794. The van der Waals surface area contributed by atoms with Crippen LogP contribution in [0.25, 0.3) is 0 Å². The number of hydrogen-bond donors (Lipinski definition) is 2. The Labute approximate surface area is 141 Å². The van der Waals surface area contributed by atoms with Crippen LogP contribution in [0.4, 0.5) is 0 Å². The molecule has 0 radical (unpaired) electrons. The summed E-state index contributed by atoms with van der Waals surface area (Å²) < 4.78 is 4.77. The number of nitrogens with zero attached hydrogens (tertiary/aromatic N) is 1. The first kappa shape index (κ1) is 17.7. The van der Waals surface area contributed by atoms with Crippen LogP contribution >= 0.6 is 0 Å². The second kappa shape index (κ2) is 7.79. The minimum Gasteiger partial charge on any atom is -0.465 e. The first-order valence-corrected chi connectivity index (χ1v) is 7.71. The van der Waals surface area contributed by atoms with Crippen molar-refractivity contribution in [2.75, 3.05) is 20.3 Å². The molecule has 24 heavy (non-hydrogen) atoms. The molecule has 6 nitrogen and oxygen atoms in total. The zero-order valence-electron chi connectivity index (χ0n) is 14.1. The molecule has 1 aromatic heterocycles. The minimum absolute atomic E-state index is 0.138. The predicted octanol–water partition coefficient (Wildman–Crippen LogP) is 2.05. The summed E-state index contributed by atoms with van der Waals surface area (Å²) in [6, 6.07) is 9.55. The fraction of sp³-hybridized carbons (Fsp3) is 0.333. The van der Waals surface area contributed by atoms with E-state index >= 15 is 0 Å². The van der Waals surface area contributed by atoms with Gasteiger partial charge in [-0.3, -0.25) is 4.79 Å². The van der Waals surface area contributed by atoms with E-state index in [1.807, 2.05) is 30.3 Å². The number of esters is 1. The Bertz CT molecular complexity index is 722. The molecule has 0 atom stereocenters. The highest BCUT2D eigenvalue weighted by molar-refractivity contribution is 6.00. The van der Waals surface area contributed by atoms with Gasteiger partial charge in [0.25, 0.3) is 5.91 Å². The average Bonchev–Trinajstić information content (AvgIpc) is 2.88. The number of rotatable bonds is 6. The van der Waals surface area contributed by atoms with E-state index in [4.69, 9.17) is 4.74 Å². The fourth-order valence-corrected chi connectivity index (χ4v) is 2.71. The zero-order valence-corrected chi connectivity index (χ0v) is 14.1. The number of carbonyl (C=O) groups excluding carboxylic acids is 2. The van der Waals surface area contributed by atoms with E-state index in [9.17, 15) is 14.7 Å². The van der Waals surface area contributed by atoms with E-state index in [0.29, 0.717) is 29.1 Å². The lowest BCUT2D eigenvalue weighted by Gasteiger charge is -2.21. The van der Waals surface area contributed by atoms with Crippen LogP contribution in [0.2, 0.25) is 0 Å². The lowest BCUT2D eigenvalue weighted by atomic mass is 10.1. The molecule has 0 bridgehead atoms. The Hall–Kier alpha value is -2.60. The first-order chi connectivity index (χ1) is 11.5. The molecule has 1 aromatic carbocycles. The molecule has 1 amide bonds. The number of benzene rings is 1. The van der Waals surface area contributed by atoms with Gasteiger partial charge in [-0.05, 0) is 25.0 Å². The number of carbonyl (C=O) groups is 2. The van der Waals surface area contributed by atoms with Crippen LogP contribution < -0.4 is 0 Å². The van der Waals surface area contributed by atoms with Gasteiger partial charge in [-0.25, -0.2) is 4.79 Å². The van der Waals surface area contributed by atoms with Gasteiger partial charge in [0.2, 0.25) is 0 Å². The van der Waals surface area contributed by atoms with E-state index < -0.39 is 5.97 Å². The van der Waals surface area contributed by atoms with E-state index in [0.717, 1.165) is 5.56 Å². The number of methoxy groups -OCH3 is 1. The summed E-state index contributed by atoms with van der Waals surface area (Å²) in [6.07, 6.45) is 0. The molecule has 0 spiro atoms. The summed E-state index contributed by atoms with van der Waals surface area (Å²) in [5.74, 6) is -0.735. The first-order valence-electron chi connectivity index (χ1n) is 7.71. The van der Waals surface area contributed by atoms with Crippen molar-refractivity contribution in [1.82, 2.24) is 9.88 Å². The number of amides is 1. The van der Waals surface area contributed by atoms with Crippen LogP contribution in [0.5, 0.6) is 0 Å². The number of aryl methyl sites for hydroxylation is 1. The molecule has 2 rings (SSSR count). The van der Waals surface area contributed by atoms with Gasteiger partial charge < -0.3 is 19.7 Å². The Kier molecular flexibility index (Phi) is 5.76. The summed E-state index contributed by atoms with van der Waals surface area (Å²) in [4.78, 5) is 29.3. The lowest BCUT2D eigenvalue weighted by Crippen LogP contribution is -2.33. The van der Waals surface area contributed by atoms with Crippen LogP contribution in [-0.2, 0) is 11.3 Å². The summed E-state index contributed by atoms with van der Waals surface area (Å²) in [5.41, 5.74) is 2.84. The zero-order chi connectivity index (χ0) is 17.7. The third-order valence-corrected chi connectivity index (χ3v) is 3.91. The van der Waals surface area contributed by atoms with E-state index in [2.05, 4.69) is 4.98 Å². The number of H-pyrrole nitrogens is 1. The highest BCUT2D eigenvalue weighted by atomic mass is 16.5. The molecular formula is C18H22N2O4. The second-order valence-electron chi connectivity index (χ2n) is 5.55. The van der Waals surface area contributed by atoms with E-state index in [1.54, 1.807) is 18.7 Å². The predicted molar refractivity (Wildman–Crippen MR) is 89.9 cm³/mol. The van der Waals surface area contributed by atoms with Crippen molar-refractivity contribution in [3.05, 3.63) is 58.4 Å². The SMILES string of the molecule is COC(=O)c1c(C)[nH]c(C(=O)N(CCO)Cc2ccccc2)c1C. The molecule has 1 heterocycles. The highest BCUT2D eigenvalue weighted by Crippen LogP contribution is 2.21. The van der Waals surface area contributed by atoms with Gasteiger partial charge in [0, 0.05) is 18.8 Å². The van der Waals surface area contributed by atoms with Crippen LogP contribution in [0.15, 0.2) is 30.3 Å². The van der Waals surface area contributed by atoms with Crippen molar-refractivity contribution in [3.63, 3.8) is 0 Å². The third kappa shape index (κ3) is 3.65. The van der Waals surface area contributed by atoms with Crippen molar-refractivity contribution in [2.24, 2.45) is 0 Å². The normalized spacial score (nSPS) is 10.5. The number of aliphatic hydroxyl groups is 1. The molecule has 0 aliphatic rings. The van der Waals surface area contributed by atoms with Gasteiger partial charge in [-0.2, -0.15) is 0 Å². The maximum Gasteiger partial charge on any atom is 0.339 e. The van der Waals surface area contributed by atoms with Gasteiger partial charge in [0.1, 0.15) is 5.69 Å². The lowest BCUT2D eigenvalue weighted by molar-refractivity contribution is 0.0599. The highest BCUT2D eigenvalue weighted by Gasteiger charge is 2.25. The molecule has 0 fully saturated rings. The maximum absolute atomic E-state index is 12.9. The number of aromatic amines is 1. The molecule has 0 saturated carbocycles. The summed E-state index contributed by atoms with van der Waals surface area (Å²) in [6.45, 7) is 3.89. The van der Waals surface area contributed by atoms with E-state index in [1.165, 1.54) is 7.11 Å². The second-order valence-corrected chi connectivity index (χ2v) is 5.55. The van der Waals surface area contributed by atoms with Gasteiger partial charge in [0.15, 0.2) is 0 Å². The molecule has 2 N–H and O–H groups in total. The monoisotopic (exact) mass is 330 g/mol. The van der Waals surface area contributed by atoms with Gasteiger partial charge in [-0.15, -0.1) is 0 Å². The van der Waals surface area contributed by atoms with Crippen molar-refractivity contribution < 1.29 is 19.4 Å². The third-order valence-electron chi connectivity index (χ3n) is 3.91. The van der Waals surface area contributed by atoms with Crippen molar-refractivity contribution in [2.45, 2.75) is 20.4 Å². The number of hydrogen-bond acceptors (Lipinski definition) is 4. The largest absolute Gasteiger partial charge is 0.465 e. The molecule has 2 aromatic rings. The van der Waals surface area contributed by atoms with Crippen molar-refractivity contribution in [1.29, 1.82) is 0 Å². The summed E-state index contributed by atoms with van der Waals surface area (Å²) >= 11 is 0. The van der Waals surface area contributed by atoms with Crippen molar-refractivity contribution >= 4 is 11.9 Å². The van der Waals surface area contributed by atoms with Crippen LogP contribution in [0.1, 0.15) is 37.7 Å². The van der Waals surface area contributed by atoms with Crippen LogP contribution in [-0.4, -0.2) is 47.1 Å². The smallest absolute Gasteiger partial charge is 0.339 e. The topological polar surface area (TPSA) is 82.6 Å². The molecule has 0 aliphatic heterocycles. The minimum atomic E-state index is -0.475. The molecule has 0 unspecified atom stereocenters. The fourth-order valence-electron chi connectivity index (χ4n) is 2.71. The molecule has 0 saturated heterocycles. The number of aliphatic hydroxyl groups excluding tert-OH is 1.